The lowest BCUT2D eigenvalue weighted by Gasteiger charge is -2.13. The lowest BCUT2D eigenvalue weighted by molar-refractivity contribution is -0.128. The van der Waals surface area contributed by atoms with E-state index in [-0.39, 0.29) is 128 Å². The van der Waals surface area contributed by atoms with Crippen molar-refractivity contribution in [1.29, 1.82) is 0 Å². The van der Waals surface area contributed by atoms with Gasteiger partial charge in [-0.2, -0.15) is 0 Å². The highest BCUT2D eigenvalue weighted by Gasteiger charge is 2.37. The molecule has 744 valence electrons. The van der Waals surface area contributed by atoms with E-state index in [0.29, 0.717) is 118 Å². The van der Waals surface area contributed by atoms with E-state index in [1.165, 1.54) is 84.9 Å². The highest BCUT2D eigenvalue weighted by atomic mass is 19.2. The first-order chi connectivity index (χ1) is 69.4. The van der Waals surface area contributed by atoms with Crippen LogP contribution in [0.4, 0.5) is 43.9 Å². The zero-order valence-electron chi connectivity index (χ0n) is 77.1. The second-order valence-electron chi connectivity index (χ2n) is 34.9. The number of aromatic amines is 5. The van der Waals surface area contributed by atoms with Crippen LogP contribution in [-0.4, -0.2) is 176 Å². The Bertz CT molecular complexity index is 7370. The molecule has 144 heavy (non-hydrogen) atoms. The molecule has 0 saturated carbocycles. The number of amides is 10. The molecule has 10 amide bonds. The number of aliphatic hydroxyl groups is 2. The van der Waals surface area contributed by atoms with E-state index in [9.17, 15) is 102 Å². The second-order valence-corrected chi connectivity index (χ2v) is 34.9. The number of aromatic nitrogens is 5. The third kappa shape index (κ3) is 23.1. The Kier molecular flexibility index (Phi) is 31.5. The molecule has 5 aromatic heterocycles. The smallest absolute Gasteiger partial charge is 0.245 e. The standard InChI is InChI=1S/C22H22FN3O3.C21H18F3N3O3.C21H18F3N3O2.C21H19F2N3O3.C21H20FN3O2/c1-29-15-6-8-18-17(12-15)16(21(26-18)13-2-4-14(23)5-3-13)7-9-20(27)25-19-10-11-24-22(19)28;22-11-3-1-10(2-4-11)18-12(13-5-7-14(23)17(24)19(13)27-18)6-8-16(29)26-20-15(28)9-25-21(20)30;22-12-3-1-11(2-4-12)19-13(14-5-7-15(23)18(24)20(14)27-19)6-8-17(28)26-16-9-10-25-21(16)29;22-14-8-6-13-12(7-9-16(28)25-20-15(27)10-24-21(20)29)18(26-19(13)17(14)23)11-4-2-1-3-5-11;22-16-8-4-7-14-15(9-10-18(26)24-17-11-12-23-21(17)27)19(25-20(14)16)13-5-2-1-3-6-13/h2-6,8,12,19,26H,7,9-11H2,1H3,(H,24,28)(H,25,27);1-5,7,15,20,27-28H,6,8-9H2,(H,25,30)(H,26,29);1-5,7,16,27H,6,8-10H2,(H,25,29)(H,26,28);1-6,8,15,20,26-27H,7,9-10H2,(H,24,29)(H,25,28);1-8,17,25H,9-12H2,(H,23,27)(H,24,26)/t19-;15-,20+;16-;15-,20+;17-/m01010/s1. The summed E-state index contributed by atoms with van der Waals surface area (Å²) in [5.74, 6) is -9.68. The van der Waals surface area contributed by atoms with E-state index < -0.39 is 113 Å². The number of aliphatic hydroxyl groups excluding tert-OH is 2. The number of hydrogen-bond acceptors (Lipinski definition) is 13. The summed E-state index contributed by atoms with van der Waals surface area (Å²) in [4.78, 5) is 135. The SMILES string of the molecule is COc1ccc2[nH]c(-c3ccc(F)cc3)c(CCC(=O)N[C@H]3CCNC3=O)c2c1.O=C(CCc1c(-c2ccc(F)cc2)[nH]c2c(F)c(F)ccc12)N[C@@H]1C(=O)NC[C@H]1O.O=C(CCc1c(-c2ccc(F)cc2)[nH]c2c(F)c(F)ccc12)N[C@H]1CCNC1=O.O=C(CCc1c(-c2ccccc2)[nH]c2c(F)c(F)ccc12)N[C@@H]1C(=O)NC[C@H]1O.O=C(CCc1c(-c2ccccc2)[nH]c2c(F)cccc12)N[C@H]1CCNC1=O. The Balaban J connectivity index is 0.000000129. The van der Waals surface area contributed by atoms with Gasteiger partial charge in [-0.05, 0) is 240 Å². The molecule has 5 fully saturated rings. The van der Waals surface area contributed by atoms with Crippen LogP contribution in [0.15, 0.2) is 206 Å². The van der Waals surface area contributed by atoms with Gasteiger partial charge in [-0.3, -0.25) is 47.9 Å². The average Bonchev–Trinajstić information content (AvgIpc) is 1.63. The predicted molar refractivity (Wildman–Crippen MR) is 517 cm³/mol. The summed E-state index contributed by atoms with van der Waals surface area (Å²) in [5.41, 5.74) is 12.0. The van der Waals surface area contributed by atoms with Crippen molar-refractivity contribution >= 4 is 114 Å². The van der Waals surface area contributed by atoms with E-state index in [1.807, 2.05) is 84.9 Å². The van der Waals surface area contributed by atoms with Gasteiger partial charge in [-0.1, -0.05) is 72.8 Å². The minimum absolute atomic E-state index is 0.00472. The fourth-order valence-corrected chi connectivity index (χ4v) is 18.2. The van der Waals surface area contributed by atoms with Gasteiger partial charge in [0.25, 0.3) is 0 Å². The van der Waals surface area contributed by atoms with Crippen LogP contribution in [0.5, 0.6) is 5.75 Å². The maximum absolute atomic E-state index is 14.3. The summed E-state index contributed by atoms with van der Waals surface area (Å²) in [5, 5.41) is 48.9. The van der Waals surface area contributed by atoms with E-state index in [4.69, 9.17) is 4.74 Å². The summed E-state index contributed by atoms with van der Waals surface area (Å²) in [6.07, 6.45) is 1.79. The summed E-state index contributed by atoms with van der Waals surface area (Å²) >= 11 is 0. The number of hydrogen-bond donors (Lipinski definition) is 17. The molecular weight excluding hydrogens is 1880 g/mol. The fraction of sp³-hybridized carbons (Fsp3) is 0.245. The molecular formula is C106H97F10N15O13. The number of fused-ring (bicyclic) bond motifs is 5. The van der Waals surface area contributed by atoms with Crippen molar-refractivity contribution in [1.82, 2.24) is 78.1 Å². The molecule has 10 heterocycles. The highest BCUT2D eigenvalue weighted by molar-refractivity contribution is 6.00. The first kappa shape index (κ1) is 101. The fourth-order valence-electron chi connectivity index (χ4n) is 18.2. The van der Waals surface area contributed by atoms with Crippen LogP contribution in [0.25, 0.3) is 111 Å². The largest absolute Gasteiger partial charge is 0.497 e. The zero-order chi connectivity index (χ0) is 102. The molecule has 5 aliphatic rings. The molecule has 15 aromatic rings. The van der Waals surface area contributed by atoms with Crippen molar-refractivity contribution in [3.63, 3.8) is 0 Å². The maximum atomic E-state index is 14.3. The van der Waals surface area contributed by atoms with E-state index >= 15 is 0 Å². The van der Waals surface area contributed by atoms with Gasteiger partial charge in [0, 0.05) is 126 Å². The van der Waals surface area contributed by atoms with Crippen molar-refractivity contribution in [2.45, 2.75) is 126 Å². The number of H-pyrrole nitrogens is 5. The number of para-hydroxylation sites is 1. The van der Waals surface area contributed by atoms with Crippen molar-refractivity contribution < 1.29 is 107 Å². The third-order valence-corrected chi connectivity index (χ3v) is 25.5. The lowest BCUT2D eigenvalue weighted by Crippen LogP contribution is -2.45. The number of methoxy groups -OCH3 is 1. The van der Waals surface area contributed by atoms with Crippen LogP contribution in [0, 0.1) is 58.2 Å². The Morgan fingerprint density at radius 2 is 0.618 bits per heavy atom. The number of carbonyl (C=O) groups is 10. The maximum Gasteiger partial charge on any atom is 0.245 e. The van der Waals surface area contributed by atoms with Crippen LogP contribution in [0.3, 0.4) is 0 Å². The normalized spacial score (nSPS) is 17.3. The number of carbonyl (C=O) groups excluding carboxylic acids is 10. The molecule has 7 atom stereocenters. The molecule has 28 nitrogen and oxygen atoms in total. The van der Waals surface area contributed by atoms with Crippen molar-refractivity contribution in [3.8, 4) is 62.0 Å². The second kappa shape index (κ2) is 45.0. The topological polar surface area (TPSA) is 420 Å². The quantitative estimate of drug-likeness (QED) is 0.0224. The number of ether oxygens (including phenoxy) is 1. The first-order valence-electron chi connectivity index (χ1n) is 46.5. The summed E-state index contributed by atoms with van der Waals surface area (Å²) in [6, 6.07) is 50.8. The molecule has 0 bridgehead atoms. The number of β-amino-alcohol motifs (C(OH)–C–C–N with tert-alkyl or cyclic N) is 2. The number of aryl methyl sites for hydroxylation is 5. The van der Waals surface area contributed by atoms with Crippen LogP contribution < -0.4 is 57.9 Å². The van der Waals surface area contributed by atoms with Gasteiger partial charge in [0.1, 0.15) is 71.4 Å². The third-order valence-electron chi connectivity index (χ3n) is 25.5. The van der Waals surface area contributed by atoms with Crippen LogP contribution in [-0.2, 0) is 80.0 Å². The average molecular weight is 1980 g/mol. The Hall–Kier alpha value is -16.4. The van der Waals surface area contributed by atoms with Gasteiger partial charge in [-0.25, -0.2) is 43.9 Å². The zero-order valence-corrected chi connectivity index (χ0v) is 77.1. The highest BCUT2D eigenvalue weighted by Crippen LogP contribution is 2.40. The molecule has 17 N–H and O–H groups in total. The van der Waals surface area contributed by atoms with Gasteiger partial charge >= 0.3 is 0 Å². The van der Waals surface area contributed by atoms with E-state index in [2.05, 4.69) is 78.1 Å². The molecule has 0 radical (unpaired) electrons. The molecule has 20 rings (SSSR count). The minimum atomic E-state index is -1.04. The van der Waals surface area contributed by atoms with Gasteiger partial charge in [0.15, 0.2) is 34.9 Å². The number of nitrogens with one attached hydrogen (secondary N) is 15. The molecule has 0 spiro atoms. The monoisotopic (exact) mass is 1980 g/mol. The van der Waals surface area contributed by atoms with E-state index in [1.54, 1.807) is 25.3 Å². The van der Waals surface area contributed by atoms with Crippen LogP contribution in [0.1, 0.15) is 79.2 Å². The minimum Gasteiger partial charge on any atom is -0.497 e. The van der Waals surface area contributed by atoms with Gasteiger partial charge in [0.05, 0.1) is 29.2 Å². The predicted octanol–water partition coefficient (Wildman–Crippen LogP) is 13.2. The van der Waals surface area contributed by atoms with Gasteiger partial charge in [-0.15, -0.1) is 0 Å². The summed E-state index contributed by atoms with van der Waals surface area (Å²) in [6.45, 7) is 1.84. The first-order valence-corrected chi connectivity index (χ1v) is 46.5. The van der Waals surface area contributed by atoms with Crippen LogP contribution in [0.2, 0.25) is 0 Å². The Morgan fingerprint density at radius 1 is 0.312 bits per heavy atom. The molecule has 5 saturated heterocycles. The van der Waals surface area contributed by atoms with Crippen molar-refractivity contribution in [2.24, 2.45) is 0 Å². The summed E-state index contributed by atoms with van der Waals surface area (Å²) < 4.78 is 144. The Morgan fingerprint density at radius 3 is 0.931 bits per heavy atom. The molecule has 38 heteroatoms. The van der Waals surface area contributed by atoms with Gasteiger partial charge < -0.3 is 93.0 Å². The van der Waals surface area contributed by atoms with Gasteiger partial charge in [0.2, 0.25) is 59.1 Å². The number of benzene rings is 10. The molecule has 0 unspecified atom stereocenters. The molecule has 0 aliphatic carbocycles. The lowest BCUT2D eigenvalue weighted by atomic mass is 10.0. The number of halogens is 10. The van der Waals surface area contributed by atoms with Crippen molar-refractivity contribution in [3.05, 3.63) is 292 Å². The van der Waals surface area contributed by atoms with Crippen LogP contribution >= 0.6 is 0 Å². The molecule has 5 aliphatic heterocycles. The van der Waals surface area contributed by atoms with Crippen molar-refractivity contribution in [2.75, 3.05) is 39.8 Å². The Labute approximate surface area is 814 Å². The molecule has 10 aromatic carbocycles. The van der Waals surface area contributed by atoms with E-state index in [0.717, 1.165) is 79.4 Å². The summed E-state index contributed by atoms with van der Waals surface area (Å²) in [7, 11) is 1.61. The number of rotatable bonds is 26.